The van der Waals surface area contributed by atoms with Crippen molar-refractivity contribution in [1.29, 1.82) is 0 Å². The molecule has 7 aromatic carbocycles. The molecule has 2 nitrogen and oxygen atoms in total. The second kappa shape index (κ2) is 13.0. The third kappa shape index (κ3) is 6.20. The van der Waals surface area contributed by atoms with Gasteiger partial charge in [0.05, 0.1) is 0 Å². The fourth-order valence-electron chi connectivity index (χ4n) is 5.97. The summed E-state index contributed by atoms with van der Waals surface area (Å²) >= 11 is 0. The number of para-hydroxylation sites is 2. The Hall–Kier alpha value is -5.86. The molecular formula is C44H36N2. The molecule has 0 bridgehead atoms. The Morgan fingerprint density at radius 3 is 1.00 bits per heavy atom. The van der Waals surface area contributed by atoms with E-state index >= 15 is 0 Å². The monoisotopic (exact) mass is 592 g/mol. The van der Waals surface area contributed by atoms with Crippen molar-refractivity contribution in [2.24, 2.45) is 0 Å². The molecule has 0 amide bonds. The van der Waals surface area contributed by atoms with Gasteiger partial charge in [-0.1, -0.05) is 115 Å². The largest absolute Gasteiger partial charge is 0.311 e. The van der Waals surface area contributed by atoms with Crippen molar-refractivity contribution < 1.29 is 0 Å². The highest BCUT2D eigenvalue weighted by molar-refractivity contribution is 5.80. The number of rotatable bonds is 8. The predicted octanol–water partition coefficient (Wildman–Crippen LogP) is 12.6. The van der Waals surface area contributed by atoms with Gasteiger partial charge in [0.2, 0.25) is 0 Å². The van der Waals surface area contributed by atoms with E-state index in [1.165, 1.54) is 33.4 Å². The van der Waals surface area contributed by atoms with Gasteiger partial charge in [0.25, 0.3) is 0 Å². The fraction of sp³-hybridized carbons (Fsp3) is 0.0455. The highest BCUT2D eigenvalue weighted by Crippen LogP contribution is 2.37. The molecule has 0 N–H and O–H groups in total. The van der Waals surface area contributed by atoms with Crippen molar-refractivity contribution in [2.45, 2.75) is 13.8 Å². The van der Waals surface area contributed by atoms with Gasteiger partial charge in [0.1, 0.15) is 0 Å². The van der Waals surface area contributed by atoms with E-state index in [2.05, 4.69) is 206 Å². The van der Waals surface area contributed by atoms with Crippen LogP contribution in [0.5, 0.6) is 0 Å². The van der Waals surface area contributed by atoms with E-state index in [1.54, 1.807) is 0 Å². The van der Waals surface area contributed by atoms with Crippen molar-refractivity contribution in [3.63, 3.8) is 0 Å². The average molecular weight is 593 g/mol. The van der Waals surface area contributed by atoms with E-state index in [9.17, 15) is 0 Å². The van der Waals surface area contributed by atoms with Gasteiger partial charge in [-0.3, -0.25) is 0 Å². The Morgan fingerprint density at radius 2 is 0.587 bits per heavy atom. The van der Waals surface area contributed by atoms with Gasteiger partial charge in [-0.15, -0.1) is 0 Å². The summed E-state index contributed by atoms with van der Waals surface area (Å²) in [6, 6.07) is 65.0. The predicted molar refractivity (Wildman–Crippen MR) is 196 cm³/mol. The summed E-state index contributed by atoms with van der Waals surface area (Å²) in [6.07, 6.45) is 0. The molecule has 222 valence electrons. The molecule has 0 atom stereocenters. The Kier molecular flexibility index (Phi) is 8.17. The third-order valence-corrected chi connectivity index (χ3v) is 8.38. The van der Waals surface area contributed by atoms with E-state index in [1.807, 2.05) is 0 Å². The molecule has 2 heteroatoms. The molecule has 0 saturated carbocycles. The molecular weight excluding hydrogens is 556 g/mol. The number of nitrogens with zero attached hydrogens (tertiary/aromatic N) is 2. The van der Waals surface area contributed by atoms with Crippen molar-refractivity contribution in [2.75, 3.05) is 9.80 Å². The number of anilines is 6. The first-order valence-corrected chi connectivity index (χ1v) is 15.8. The highest BCUT2D eigenvalue weighted by Gasteiger charge is 2.14. The number of aryl methyl sites for hydroxylation is 2. The molecule has 0 aliphatic rings. The molecule has 0 spiro atoms. The van der Waals surface area contributed by atoms with Gasteiger partial charge in [0.15, 0.2) is 0 Å². The number of benzene rings is 7. The molecule has 0 aliphatic carbocycles. The Balaban J connectivity index is 1.13. The van der Waals surface area contributed by atoms with Crippen LogP contribution in [0.1, 0.15) is 11.1 Å². The van der Waals surface area contributed by atoms with Crippen LogP contribution in [-0.2, 0) is 0 Å². The summed E-state index contributed by atoms with van der Waals surface area (Å²) in [5.41, 5.74) is 14.1. The standard InChI is InChI=1S/C44H36N2/c1-33-16-26-41(27-17-33)45(39-11-5-3-6-12-39)42-28-22-37(23-29-42)35-18-20-36(21-19-35)38-24-30-43(31-25-38)46(40-13-7-4-8-14-40)44-15-9-10-34(2)32-44/h3-32H,1-2H3. The van der Waals surface area contributed by atoms with Crippen LogP contribution in [0, 0.1) is 13.8 Å². The zero-order valence-electron chi connectivity index (χ0n) is 26.2. The maximum atomic E-state index is 2.31. The summed E-state index contributed by atoms with van der Waals surface area (Å²) in [5, 5.41) is 0. The van der Waals surface area contributed by atoms with Crippen LogP contribution in [0.4, 0.5) is 34.1 Å². The lowest BCUT2D eigenvalue weighted by Crippen LogP contribution is -2.09. The van der Waals surface area contributed by atoms with Gasteiger partial charge < -0.3 is 9.80 Å². The first kappa shape index (κ1) is 28.9. The summed E-state index contributed by atoms with van der Waals surface area (Å²) < 4.78 is 0. The number of hydrogen-bond acceptors (Lipinski definition) is 2. The van der Waals surface area contributed by atoms with Crippen LogP contribution in [-0.4, -0.2) is 0 Å². The summed E-state index contributed by atoms with van der Waals surface area (Å²) in [4.78, 5) is 4.61. The maximum Gasteiger partial charge on any atom is 0.0464 e. The lowest BCUT2D eigenvalue weighted by Gasteiger charge is -2.26. The highest BCUT2D eigenvalue weighted by atomic mass is 15.1. The first-order chi connectivity index (χ1) is 22.6. The smallest absolute Gasteiger partial charge is 0.0464 e. The van der Waals surface area contributed by atoms with Crippen LogP contribution in [0.15, 0.2) is 182 Å². The van der Waals surface area contributed by atoms with Gasteiger partial charge in [-0.25, -0.2) is 0 Å². The molecule has 0 fully saturated rings. The minimum absolute atomic E-state index is 1.13. The quantitative estimate of drug-likeness (QED) is 0.173. The molecule has 7 aromatic rings. The van der Waals surface area contributed by atoms with Gasteiger partial charge in [-0.2, -0.15) is 0 Å². The normalized spacial score (nSPS) is 10.8. The molecule has 0 aromatic heterocycles. The topological polar surface area (TPSA) is 6.48 Å². The van der Waals surface area contributed by atoms with Crippen LogP contribution in [0.2, 0.25) is 0 Å². The third-order valence-electron chi connectivity index (χ3n) is 8.38. The lowest BCUT2D eigenvalue weighted by atomic mass is 9.99. The van der Waals surface area contributed by atoms with E-state index in [-0.39, 0.29) is 0 Å². The minimum atomic E-state index is 1.13. The molecule has 0 heterocycles. The second-order valence-corrected chi connectivity index (χ2v) is 11.7. The lowest BCUT2D eigenvalue weighted by molar-refractivity contribution is 1.27. The molecule has 0 unspecified atom stereocenters. The Morgan fingerprint density at radius 1 is 0.261 bits per heavy atom. The summed E-state index contributed by atoms with van der Waals surface area (Å²) in [7, 11) is 0. The Labute approximate surface area is 272 Å². The molecule has 0 saturated heterocycles. The fourth-order valence-corrected chi connectivity index (χ4v) is 5.97. The maximum absolute atomic E-state index is 2.31. The van der Waals surface area contributed by atoms with E-state index in [4.69, 9.17) is 0 Å². The van der Waals surface area contributed by atoms with Crippen LogP contribution in [0.3, 0.4) is 0 Å². The number of hydrogen-bond donors (Lipinski definition) is 0. The minimum Gasteiger partial charge on any atom is -0.311 e. The molecule has 0 radical (unpaired) electrons. The van der Waals surface area contributed by atoms with Crippen molar-refractivity contribution in [1.82, 2.24) is 0 Å². The molecule has 0 aliphatic heterocycles. The molecule has 7 rings (SSSR count). The van der Waals surface area contributed by atoms with Gasteiger partial charge in [-0.05, 0) is 114 Å². The second-order valence-electron chi connectivity index (χ2n) is 11.7. The average Bonchev–Trinajstić information content (AvgIpc) is 3.11. The summed E-state index contributed by atoms with van der Waals surface area (Å²) in [6.45, 7) is 4.26. The first-order valence-electron chi connectivity index (χ1n) is 15.8. The van der Waals surface area contributed by atoms with Gasteiger partial charge in [0, 0.05) is 34.1 Å². The van der Waals surface area contributed by atoms with E-state index in [0.717, 1.165) is 34.1 Å². The van der Waals surface area contributed by atoms with Crippen LogP contribution < -0.4 is 9.80 Å². The zero-order valence-corrected chi connectivity index (χ0v) is 26.2. The zero-order chi connectivity index (χ0) is 31.3. The van der Waals surface area contributed by atoms with Crippen LogP contribution >= 0.6 is 0 Å². The van der Waals surface area contributed by atoms with Crippen LogP contribution in [0.25, 0.3) is 22.3 Å². The van der Waals surface area contributed by atoms with Gasteiger partial charge >= 0.3 is 0 Å². The molecule has 46 heavy (non-hydrogen) atoms. The summed E-state index contributed by atoms with van der Waals surface area (Å²) in [5.74, 6) is 0. The SMILES string of the molecule is Cc1ccc(N(c2ccccc2)c2ccc(-c3ccc(-c4ccc(N(c5ccccc5)c5cccc(C)c5)cc4)cc3)cc2)cc1. The van der Waals surface area contributed by atoms with E-state index in [0.29, 0.717) is 0 Å². The van der Waals surface area contributed by atoms with Crippen molar-refractivity contribution >= 4 is 34.1 Å². The Bertz CT molecular complexity index is 2010. The van der Waals surface area contributed by atoms with Crippen molar-refractivity contribution in [3.05, 3.63) is 193 Å². The van der Waals surface area contributed by atoms with Crippen molar-refractivity contribution in [3.8, 4) is 22.3 Å². The van der Waals surface area contributed by atoms with E-state index < -0.39 is 0 Å².